The Kier molecular flexibility index (Phi) is 7.62. The van der Waals surface area contributed by atoms with Gasteiger partial charge in [-0.25, -0.2) is 4.79 Å². The molecule has 0 radical (unpaired) electrons. The molecule has 0 bridgehead atoms. The Hall–Kier alpha value is -2.88. The monoisotopic (exact) mass is 352 g/mol. The second-order valence-corrected chi connectivity index (χ2v) is 6.18. The molecule has 0 aliphatic carbocycles. The minimum Gasteiger partial charge on any atom is -0.461 e. The molecule has 0 saturated carbocycles. The molecule has 0 saturated heterocycles. The molecule has 0 aliphatic heterocycles. The Morgan fingerprint density at radius 3 is 1.92 bits per heavy atom. The third kappa shape index (κ3) is 6.55. The lowest BCUT2D eigenvalue weighted by atomic mass is 10.1. The second-order valence-electron chi connectivity index (χ2n) is 6.18. The largest absolute Gasteiger partial charge is 0.461 e. The van der Waals surface area contributed by atoms with Crippen LogP contribution in [0.2, 0.25) is 0 Å². The Morgan fingerprint density at radius 1 is 0.885 bits per heavy atom. The molecule has 0 spiro atoms. The van der Waals surface area contributed by atoms with Gasteiger partial charge in [0.1, 0.15) is 13.2 Å². The van der Waals surface area contributed by atoms with Gasteiger partial charge in [-0.05, 0) is 24.5 Å². The van der Waals surface area contributed by atoms with Gasteiger partial charge in [0.2, 0.25) is 0 Å². The van der Waals surface area contributed by atoms with Gasteiger partial charge in [-0.15, -0.1) is 0 Å². The van der Waals surface area contributed by atoms with Crippen LogP contribution in [-0.2, 0) is 32.3 Å². The summed E-state index contributed by atoms with van der Waals surface area (Å²) in [6.07, 6.45) is 2.15. The van der Waals surface area contributed by atoms with Crippen LogP contribution in [-0.4, -0.2) is 11.9 Å². The molecule has 0 N–H and O–H groups in total. The van der Waals surface area contributed by atoms with Crippen LogP contribution >= 0.6 is 0 Å². The molecular weight excluding hydrogens is 328 g/mol. The highest BCUT2D eigenvalue weighted by atomic mass is 16.5. The quantitative estimate of drug-likeness (QED) is 0.520. The van der Waals surface area contributed by atoms with E-state index in [4.69, 9.17) is 9.47 Å². The Bertz CT molecular complexity index is 735. The maximum Gasteiger partial charge on any atom is 0.333 e. The molecule has 0 aliphatic rings. The summed E-state index contributed by atoms with van der Waals surface area (Å²) in [7, 11) is 0. The van der Waals surface area contributed by atoms with Crippen molar-refractivity contribution in [1.82, 2.24) is 0 Å². The number of carbonyl (C=O) groups excluding carboxylic acids is 2. The van der Waals surface area contributed by atoms with Crippen LogP contribution < -0.4 is 0 Å². The van der Waals surface area contributed by atoms with Crippen molar-refractivity contribution in [3.8, 4) is 0 Å². The molecule has 136 valence electrons. The van der Waals surface area contributed by atoms with E-state index < -0.39 is 0 Å². The van der Waals surface area contributed by atoms with Crippen molar-refractivity contribution in [1.29, 1.82) is 0 Å². The maximum atomic E-state index is 12.0. The molecule has 26 heavy (non-hydrogen) atoms. The van der Waals surface area contributed by atoms with Crippen LogP contribution in [0.5, 0.6) is 0 Å². The van der Waals surface area contributed by atoms with Gasteiger partial charge in [-0.3, -0.25) is 4.79 Å². The Morgan fingerprint density at radius 2 is 1.38 bits per heavy atom. The first kappa shape index (κ1) is 19.4. The zero-order valence-electron chi connectivity index (χ0n) is 15.2. The van der Waals surface area contributed by atoms with Gasteiger partial charge in [-0.2, -0.15) is 0 Å². The SMILES string of the molecule is C/C(=C\CC(C)C(=O)OCc1ccccc1)C(=O)OCc1ccccc1. The van der Waals surface area contributed by atoms with Gasteiger partial charge in [0.25, 0.3) is 0 Å². The van der Waals surface area contributed by atoms with Crippen LogP contribution in [0.25, 0.3) is 0 Å². The predicted molar refractivity (Wildman–Crippen MR) is 100 cm³/mol. The number of rotatable bonds is 8. The molecule has 2 aromatic carbocycles. The van der Waals surface area contributed by atoms with Crippen LogP contribution in [0.3, 0.4) is 0 Å². The molecule has 1 unspecified atom stereocenters. The van der Waals surface area contributed by atoms with Gasteiger partial charge >= 0.3 is 11.9 Å². The van der Waals surface area contributed by atoms with Gasteiger partial charge in [0, 0.05) is 5.57 Å². The standard InChI is InChI=1S/C22H24O4/c1-17(21(23)25-15-19-9-5-3-6-10-19)13-14-18(2)22(24)26-16-20-11-7-4-8-12-20/h3-13,18H,14-16H2,1-2H3/b17-13+. The van der Waals surface area contributed by atoms with Crippen molar-refractivity contribution in [2.45, 2.75) is 33.5 Å². The normalized spacial score (nSPS) is 12.3. The second kappa shape index (κ2) is 10.2. The van der Waals surface area contributed by atoms with E-state index >= 15 is 0 Å². The average molecular weight is 352 g/mol. The van der Waals surface area contributed by atoms with E-state index in [1.807, 2.05) is 60.7 Å². The van der Waals surface area contributed by atoms with Gasteiger partial charge in [0.05, 0.1) is 5.92 Å². The molecule has 4 nitrogen and oxygen atoms in total. The van der Waals surface area contributed by atoms with E-state index in [0.717, 1.165) is 11.1 Å². The lowest BCUT2D eigenvalue weighted by Gasteiger charge is -2.10. The number of hydrogen-bond acceptors (Lipinski definition) is 4. The Labute approximate surface area is 154 Å². The van der Waals surface area contributed by atoms with Crippen molar-refractivity contribution in [3.63, 3.8) is 0 Å². The molecule has 0 aromatic heterocycles. The summed E-state index contributed by atoms with van der Waals surface area (Å²) in [5, 5.41) is 0. The summed E-state index contributed by atoms with van der Waals surface area (Å²) in [5.74, 6) is -0.982. The van der Waals surface area contributed by atoms with E-state index in [0.29, 0.717) is 12.0 Å². The molecule has 0 heterocycles. The molecule has 1 atom stereocenters. The summed E-state index contributed by atoms with van der Waals surface area (Å²) in [6, 6.07) is 19.0. The molecule has 0 fully saturated rings. The fourth-order valence-electron chi connectivity index (χ4n) is 2.24. The first-order chi connectivity index (χ1) is 12.6. The summed E-state index contributed by atoms with van der Waals surface area (Å²) in [6.45, 7) is 3.97. The number of hydrogen-bond donors (Lipinski definition) is 0. The van der Waals surface area contributed by atoms with Crippen molar-refractivity contribution in [3.05, 3.63) is 83.4 Å². The predicted octanol–water partition coefficient (Wildman–Crippen LogP) is 4.45. The fraction of sp³-hybridized carbons (Fsp3) is 0.273. The number of carbonyl (C=O) groups is 2. The van der Waals surface area contributed by atoms with E-state index in [-0.39, 0.29) is 31.1 Å². The number of benzene rings is 2. The first-order valence-corrected chi connectivity index (χ1v) is 8.64. The highest BCUT2D eigenvalue weighted by Crippen LogP contribution is 2.11. The van der Waals surface area contributed by atoms with Crippen LogP contribution in [0.1, 0.15) is 31.4 Å². The first-order valence-electron chi connectivity index (χ1n) is 8.64. The molecule has 0 amide bonds. The number of esters is 2. The highest BCUT2D eigenvalue weighted by Gasteiger charge is 2.14. The summed E-state index contributed by atoms with van der Waals surface area (Å²) < 4.78 is 10.6. The summed E-state index contributed by atoms with van der Waals surface area (Å²) in [5.41, 5.74) is 2.37. The summed E-state index contributed by atoms with van der Waals surface area (Å²) >= 11 is 0. The smallest absolute Gasteiger partial charge is 0.333 e. The molecule has 4 heteroatoms. The minimum absolute atomic E-state index is 0.236. The highest BCUT2D eigenvalue weighted by molar-refractivity contribution is 5.87. The van der Waals surface area contributed by atoms with Crippen LogP contribution in [0.4, 0.5) is 0 Å². The third-order valence-corrected chi connectivity index (χ3v) is 3.94. The molecule has 2 aromatic rings. The zero-order valence-corrected chi connectivity index (χ0v) is 15.2. The Balaban J connectivity index is 1.75. The van der Waals surface area contributed by atoms with Gasteiger partial charge in [-0.1, -0.05) is 73.7 Å². The van der Waals surface area contributed by atoms with Crippen LogP contribution in [0, 0.1) is 5.92 Å². The number of ether oxygens (including phenoxy) is 2. The molecule has 2 rings (SSSR count). The van der Waals surface area contributed by atoms with Gasteiger partial charge in [0.15, 0.2) is 0 Å². The van der Waals surface area contributed by atoms with E-state index in [1.165, 1.54) is 0 Å². The number of allylic oxidation sites excluding steroid dienone is 1. The molecular formula is C22H24O4. The lowest BCUT2D eigenvalue weighted by molar-refractivity contribution is -0.149. The lowest BCUT2D eigenvalue weighted by Crippen LogP contribution is -2.14. The zero-order chi connectivity index (χ0) is 18.8. The van der Waals surface area contributed by atoms with E-state index in [9.17, 15) is 9.59 Å². The van der Waals surface area contributed by atoms with Crippen molar-refractivity contribution < 1.29 is 19.1 Å². The average Bonchev–Trinajstić information content (AvgIpc) is 2.69. The van der Waals surface area contributed by atoms with Gasteiger partial charge < -0.3 is 9.47 Å². The minimum atomic E-state index is -0.376. The van der Waals surface area contributed by atoms with Crippen molar-refractivity contribution >= 4 is 11.9 Å². The maximum absolute atomic E-state index is 12.0. The fourth-order valence-corrected chi connectivity index (χ4v) is 2.24. The van der Waals surface area contributed by atoms with Crippen LogP contribution in [0.15, 0.2) is 72.3 Å². The summed E-state index contributed by atoms with van der Waals surface area (Å²) in [4.78, 5) is 24.0. The third-order valence-electron chi connectivity index (χ3n) is 3.94. The van der Waals surface area contributed by atoms with Crippen molar-refractivity contribution in [2.75, 3.05) is 0 Å². The van der Waals surface area contributed by atoms with E-state index in [1.54, 1.807) is 19.9 Å². The van der Waals surface area contributed by atoms with E-state index in [2.05, 4.69) is 0 Å². The van der Waals surface area contributed by atoms with Crippen molar-refractivity contribution in [2.24, 2.45) is 5.92 Å². The topological polar surface area (TPSA) is 52.6 Å².